The Morgan fingerprint density at radius 1 is 1.09 bits per heavy atom. The highest BCUT2D eigenvalue weighted by molar-refractivity contribution is 5.91. The van der Waals surface area contributed by atoms with Gasteiger partial charge >= 0.3 is 6.03 Å². The molecule has 0 aliphatic carbocycles. The van der Waals surface area contributed by atoms with Gasteiger partial charge in [-0.05, 0) is 30.9 Å². The van der Waals surface area contributed by atoms with Gasteiger partial charge in [0.1, 0.15) is 0 Å². The maximum absolute atomic E-state index is 12.5. The molecule has 6 nitrogen and oxygen atoms in total. The summed E-state index contributed by atoms with van der Waals surface area (Å²) in [5.74, 6) is 0.854. The van der Waals surface area contributed by atoms with Gasteiger partial charge < -0.3 is 19.1 Å². The molecule has 0 radical (unpaired) electrons. The number of carbonyl (C=O) groups excluding carboxylic acids is 2. The molecule has 120 valence electrons. The van der Waals surface area contributed by atoms with Crippen LogP contribution in [0.3, 0.4) is 0 Å². The van der Waals surface area contributed by atoms with Crippen LogP contribution in [0.5, 0.6) is 0 Å². The molecular formula is C16H23N3O3. The molecule has 0 N–H and O–H groups in total. The van der Waals surface area contributed by atoms with Gasteiger partial charge in [0.05, 0.1) is 6.26 Å². The van der Waals surface area contributed by atoms with E-state index in [9.17, 15) is 9.59 Å². The van der Waals surface area contributed by atoms with Gasteiger partial charge in [0.2, 0.25) is 0 Å². The van der Waals surface area contributed by atoms with Crippen LogP contribution in [0.25, 0.3) is 0 Å². The predicted octanol–water partition coefficient (Wildman–Crippen LogP) is 1.89. The number of hydrogen-bond acceptors (Lipinski definition) is 3. The molecule has 1 unspecified atom stereocenters. The fourth-order valence-corrected chi connectivity index (χ4v) is 3.22. The normalized spacial score (nSPS) is 22.8. The molecule has 2 aliphatic rings. The molecule has 3 heterocycles. The standard InChI is InChI=1S/C16H23N3O3/c1-13-4-2-6-19(12-13)16(21)18-9-7-17(8-10-18)15(20)14-5-3-11-22-14/h3,5,11,13H,2,4,6-10,12H2,1H3. The Balaban J connectivity index is 1.53. The predicted molar refractivity (Wildman–Crippen MR) is 81.6 cm³/mol. The second-order valence-electron chi connectivity index (χ2n) is 6.23. The Morgan fingerprint density at radius 2 is 1.82 bits per heavy atom. The first-order valence-corrected chi connectivity index (χ1v) is 8.02. The van der Waals surface area contributed by atoms with Crippen LogP contribution in [0.1, 0.15) is 30.3 Å². The number of urea groups is 1. The fourth-order valence-electron chi connectivity index (χ4n) is 3.22. The number of piperidine rings is 1. The molecule has 0 spiro atoms. The summed E-state index contributed by atoms with van der Waals surface area (Å²) in [5.41, 5.74) is 0. The third kappa shape index (κ3) is 3.10. The highest BCUT2D eigenvalue weighted by Gasteiger charge is 2.30. The molecule has 2 fully saturated rings. The first-order chi connectivity index (χ1) is 10.6. The van der Waals surface area contributed by atoms with E-state index in [1.165, 1.54) is 12.7 Å². The summed E-state index contributed by atoms with van der Waals surface area (Å²) < 4.78 is 5.15. The Hall–Kier alpha value is -1.98. The Morgan fingerprint density at radius 3 is 2.45 bits per heavy atom. The molecule has 6 heteroatoms. The maximum atomic E-state index is 12.5. The molecule has 0 saturated carbocycles. The maximum Gasteiger partial charge on any atom is 0.320 e. The highest BCUT2D eigenvalue weighted by Crippen LogP contribution is 2.18. The van der Waals surface area contributed by atoms with Crippen LogP contribution in [0.2, 0.25) is 0 Å². The molecule has 1 aromatic rings. The quantitative estimate of drug-likeness (QED) is 0.796. The lowest BCUT2D eigenvalue weighted by atomic mass is 10.0. The zero-order valence-electron chi connectivity index (χ0n) is 13.0. The van der Waals surface area contributed by atoms with Crippen LogP contribution in [-0.4, -0.2) is 65.9 Å². The minimum atomic E-state index is -0.0938. The molecule has 1 aromatic heterocycles. The average molecular weight is 305 g/mol. The van der Waals surface area contributed by atoms with Crippen molar-refractivity contribution in [1.82, 2.24) is 14.7 Å². The van der Waals surface area contributed by atoms with Gasteiger partial charge in [-0.25, -0.2) is 4.79 Å². The number of carbonyl (C=O) groups is 2. The van der Waals surface area contributed by atoms with Crippen molar-refractivity contribution in [3.8, 4) is 0 Å². The largest absolute Gasteiger partial charge is 0.459 e. The van der Waals surface area contributed by atoms with Crippen molar-refractivity contribution < 1.29 is 14.0 Å². The number of rotatable bonds is 1. The van der Waals surface area contributed by atoms with Crippen LogP contribution in [0.4, 0.5) is 4.79 Å². The summed E-state index contributed by atoms with van der Waals surface area (Å²) in [5, 5.41) is 0. The summed E-state index contributed by atoms with van der Waals surface area (Å²) in [6.07, 6.45) is 3.80. The van der Waals surface area contributed by atoms with Gasteiger partial charge in [0, 0.05) is 39.3 Å². The second kappa shape index (κ2) is 6.42. The zero-order valence-corrected chi connectivity index (χ0v) is 13.0. The lowest BCUT2D eigenvalue weighted by Crippen LogP contribution is -2.55. The van der Waals surface area contributed by atoms with E-state index in [2.05, 4.69) is 6.92 Å². The van der Waals surface area contributed by atoms with Gasteiger partial charge in [-0.1, -0.05) is 6.92 Å². The molecule has 0 bridgehead atoms. The van der Waals surface area contributed by atoms with E-state index in [1.54, 1.807) is 17.0 Å². The van der Waals surface area contributed by atoms with Crippen LogP contribution in [0.15, 0.2) is 22.8 Å². The molecule has 22 heavy (non-hydrogen) atoms. The van der Waals surface area contributed by atoms with Crippen molar-refractivity contribution in [1.29, 1.82) is 0 Å². The first kappa shape index (κ1) is 14.9. The van der Waals surface area contributed by atoms with Crippen LogP contribution >= 0.6 is 0 Å². The average Bonchev–Trinajstić information content (AvgIpc) is 3.08. The Labute approximate surface area is 130 Å². The van der Waals surface area contributed by atoms with Crippen LogP contribution < -0.4 is 0 Å². The lowest BCUT2D eigenvalue weighted by Gasteiger charge is -2.39. The summed E-state index contributed by atoms with van der Waals surface area (Å²) in [7, 11) is 0. The van der Waals surface area contributed by atoms with Gasteiger partial charge in [-0.2, -0.15) is 0 Å². The number of nitrogens with zero attached hydrogens (tertiary/aromatic N) is 3. The van der Waals surface area contributed by atoms with Gasteiger partial charge in [-0.3, -0.25) is 4.79 Å². The Kier molecular flexibility index (Phi) is 4.36. The van der Waals surface area contributed by atoms with Crippen molar-refractivity contribution in [2.75, 3.05) is 39.3 Å². The van der Waals surface area contributed by atoms with E-state index < -0.39 is 0 Å². The second-order valence-corrected chi connectivity index (χ2v) is 6.23. The van der Waals surface area contributed by atoms with Crippen LogP contribution in [-0.2, 0) is 0 Å². The molecular weight excluding hydrogens is 282 g/mol. The lowest BCUT2D eigenvalue weighted by molar-refractivity contribution is 0.0596. The van der Waals surface area contributed by atoms with E-state index in [0.717, 1.165) is 19.5 Å². The van der Waals surface area contributed by atoms with Crippen LogP contribution in [0, 0.1) is 5.92 Å². The summed E-state index contributed by atoms with van der Waals surface area (Å²) in [6, 6.07) is 3.51. The topological polar surface area (TPSA) is 57.0 Å². The van der Waals surface area contributed by atoms with Crippen molar-refractivity contribution in [2.45, 2.75) is 19.8 Å². The molecule has 2 saturated heterocycles. The number of furan rings is 1. The third-order valence-electron chi connectivity index (χ3n) is 4.50. The van der Waals surface area contributed by atoms with E-state index in [4.69, 9.17) is 4.42 Å². The Bertz CT molecular complexity index is 521. The minimum Gasteiger partial charge on any atom is -0.459 e. The number of hydrogen-bond donors (Lipinski definition) is 0. The molecule has 1 atom stereocenters. The summed E-state index contributed by atoms with van der Waals surface area (Å²) in [4.78, 5) is 30.3. The molecule has 2 aliphatic heterocycles. The van der Waals surface area contributed by atoms with Gasteiger partial charge in [-0.15, -0.1) is 0 Å². The summed E-state index contributed by atoms with van der Waals surface area (Å²) >= 11 is 0. The van der Waals surface area contributed by atoms with E-state index >= 15 is 0 Å². The number of amides is 3. The SMILES string of the molecule is CC1CCCN(C(=O)N2CCN(C(=O)c3ccco3)CC2)C1. The minimum absolute atomic E-state index is 0.0938. The zero-order chi connectivity index (χ0) is 15.5. The monoisotopic (exact) mass is 305 g/mol. The van der Waals surface area contributed by atoms with E-state index in [1.807, 2.05) is 9.80 Å². The van der Waals surface area contributed by atoms with E-state index in [0.29, 0.717) is 37.9 Å². The van der Waals surface area contributed by atoms with Crippen molar-refractivity contribution in [3.05, 3.63) is 24.2 Å². The third-order valence-corrected chi connectivity index (χ3v) is 4.50. The first-order valence-electron chi connectivity index (χ1n) is 8.02. The molecule has 3 rings (SSSR count). The highest BCUT2D eigenvalue weighted by atomic mass is 16.3. The van der Waals surface area contributed by atoms with Gasteiger partial charge in [0.25, 0.3) is 5.91 Å². The number of likely N-dealkylation sites (tertiary alicyclic amines) is 1. The van der Waals surface area contributed by atoms with Gasteiger partial charge in [0.15, 0.2) is 5.76 Å². The molecule has 0 aromatic carbocycles. The van der Waals surface area contributed by atoms with Crippen molar-refractivity contribution >= 4 is 11.9 Å². The van der Waals surface area contributed by atoms with Crippen molar-refractivity contribution in [2.24, 2.45) is 5.92 Å². The van der Waals surface area contributed by atoms with Crippen molar-refractivity contribution in [3.63, 3.8) is 0 Å². The smallest absolute Gasteiger partial charge is 0.320 e. The summed E-state index contributed by atoms with van der Waals surface area (Å²) in [6.45, 7) is 6.22. The number of piperazine rings is 1. The fraction of sp³-hybridized carbons (Fsp3) is 0.625. The van der Waals surface area contributed by atoms with E-state index in [-0.39, 0.29) is 11.9 Å². The molecule has 3 amide bonds.